The third-order valence-corrected chi connectivity index (χ3v) is 4.43. The van der Waals surface area contributed by atoms with Gasteiger partial charge >= 0.3 is 5.97 Å². The summed E-state index contributed by atoms with van der Waals surface area (Å²) in [6.07, 6.45) is 13.5. The van der Waals surface area contributed by atoms with E-state index in [0.717, 1.165) is 18.8 Å². The van der Waals surface area contributed by atoms with E-state index in [1.165, 1.54) is 39.2 Å². The molecule has 3 atom stereocenters. The van der Waals surface area contributed by atoms with Gasteiger partial charge in [0, 0.05) is 13.5 Å². The first kappa shape index (κ1) is 26.4. The van der Waals surface area contributed by atoms with Crippen LogP contribution in [0.5, 0.6) is 0 Å². The van der Waals surface area contributed by atoms with E-state index < -0.39 is 24.8 Å². The number of ether oxygens (including phenoxy) is 2. The summed E-state index contributed by atoms with van der Waals surface area (Å²) in [5, 5.41) is 17.9. The largest absolute Gasteiger partial charge is 0.461 e. The summed E-state index contributed by atoms with van der Waals surface area (Å²) in [5.74, 6) is 6.20. The first-order valence-electron chi connectivity index (χ1n) is 10.3. The quantitative estimate of drug-likeness (QED) is 0.180. The second-order valence-electron chi connectivity index (χ2n) is 7.06. The number of rotatable bonds is 16. The van der Waals surface area contributed by atoms with E-state index in [1.807, 2.05) is 12.2 Å². The first-order valence-corrected chi connectivity index (χ1v) is 10.3. The van der Waals surface area contributed by atoms with Crippen LogP contribution in [0.2, 0.25) is 0 Å². The van der Waals surface area contributed by atoms with Crippen LogP contribution in [0, 0.1) is 17.8 Å². The van der Waals surface area contributed by atoms with Crippen molar-refractivity contribution in [2.24, 2.45) is 5.92 Å². The lowest BCUT2D eigenvalue weighted by molar-refractivity contribution is -0.159. The van der Waals surface area contributed by atoms with Crippen LogP contribution in [0.3, 0.4) is 0 Å². The summed E-state index contributed by atoms with van der Waals surface area (Å²) < 4.78 is 9.98. The Bertz CT molecular complexity index is 489. The number of carbonyl (C=O) groups excluding carboxylic acids is 1. The number of allylic oxidation sites excluding steroid dienone is 3. The predicted octanol–water partition coefficient (Wildman–Crippen LogP) is 3.79. The van der Waals surface area contributed by atoms with Crippen molar-refractivity contribution in [2.45, 2.75) is 76.9 Å². The molecule has 0 saturated carbocycles. The van der Waals surface area contributed by atoms with Gasteiger partial charge in [0.25, 0.3) is 0 Å². The zero-order valence-electron chi connectivity index (χ0n) is 17.6. The predicted molar refractivity (Wildman–Crippen MR) is 113 cm³/mol. The van der Waals surface area contributed by atoms with Crippen LogP contribution in [0.15, 0.2) is 24.8 Å². The minimum Gasteiger partial charge on any atom is -0.461 e. The Morgan fingerprint density at radius 3 is 2.61 bits per heavy atom. The van der Waals surface area contributed by atoms with Gasteiger partial charge in [-0.3, -0.25) is 0 Å². The van der Waals surface area contributed by atoms with E-state index in [4.69, 9.17) is 14.6 Å². The van der Waals surface area contributed by atoms with Gasteiger partial charge in [-0.15, -0.1) is 6.58 Å². The molecular formula is C23H38O5. The maximum Gasteiger partial charge on any atom is 0.335 e. The van der Waals surface area contributed by atoms with Gasteiger partial charge in [-0.1, -0.05) is 50.2 Å². The molecule has 0 radical (unpaired) electrons. The molecular weight excluding hydrogens is 356 g/mol. The molecule has 28 heavy (non-hydrogen) atoms. The van der Waals surface area contributed by atoms with Gasteiger partial charge in [0.05, 0.1) is 6.61 Å². The van der Waals surface area contributed by atoms with E-state index in [9.17, 15) is 9.90 Å². The highest BCUT2D eigenvalue weighted by molar-refractivity contribution is 5.74. The minimum absolute atomic E-state index is 0.239. The molecule has 0 aromatic carbocycles. The molecule has 0 aliphatic carbocycles. The number of unbranched alkanes of at least 4 members (excludes halogenated alkanes) is 3. The number of esters is 1. The van der Waals surface area contributed by atoms with E-state index in [1.54, 1.807) is 0 Å². The van der Waals surface area contributed by atoms with Crippen LogP contribution in [0.4, 0.5) is 0 Å². The van der Waals surface area contributed by atoms with Crippen LogP contribution < -0.4 is 0 Å². The number of hydrogen-bond acceptors (Lipinski definition) is 5. The Balaban J connectivity index is 3.85. The number of carbonyl (C=O) groups is 1. The Labute approximate surface area is 170 Å². The fraction of sp³-hybridized carbons (Fsp3) is 0.696. The molecule has 0 fully saturated rings. The maximum absolute atomic E-state index is 11.8. The molecule has 0 saturated heterocycles. The van der Waals surface area contributed by atoms with E-state index in [0.29, 0.717) is 12.8 Å². The van der Waals surface area contributed by atoms with Crippen LogP contribution in [0.25, 0.3) is 0 Å². The number of aliphatic hydroxyl groups is 2. The van der Waals surface area contributed by atoms with Crippen molar-refractivity contribution in [2.75, 3.05) is 20.3 Å². The number of hydrogen-bond donors (Lipinski definition) is 2. The molecule has 0 aliphatic rings. The normalized spacial score (nSPS) is 14.1. The summed E-state index contributed by atoms with van der Waals surface area (Å²) in [6, 6.07) is 0. The Morgan fingerprint density at radius 1 is 1.18 bits per heavy atom. The van der Waals surface area contributed by atoms with Gasteiger partial charge in [0.1, 0.15) is 12.7 Å². The minimum atomic E-state index is -1.06. The van der Waals surface area contributed by atoms with Crippen LogP contribution in [0.1, 0.15) is 64.7 Å². The van der Waals surface area contributed by atoms with Crippen molar-refractivity contribution >= 4 is 5.97 Å². The monoisotopic (exact) mass is 394 g/mol. The summed E-state index contributed by atoms with van der Waals surface area (Å²) in [6.45, 7) is 5.38. The highest BCUT2D eigenvalue weighted by atomic mass is 16.6. The lowest BCUT2D eigenvalue weighted by Gasteiger charge is -2.14. The van der Waals surface area contributed by atoms with Crippen molar-refractivity contribution in [1.82, 2.24) is 0 Å². The molecule has 5 heteroatoms. The molecule has 0 aromatic rings. The average Bonchev–Trinajstić information content (AvgIpc) is 2.70. The standard InChI is InChI=1S/C23H38O5/c1-4-5-6-12-15-20(2)16-13-10-8-7-9-11-14-17-22(27-3)23(26)28-19-21(25)18-24/h4,7-8,20-22,24-25H,1,5-6,10,12-19H2,2-3H3/b8-7-/t20?,21-,22-/m0/s1. The smallest absolute Gasteiger partial charge is 0.335 e. The first-order chi connectivity index (χ1) is 13.5. The highest BCUT2D eigenvalue weighted by Gasteiger charge is 2.19. The topological polar surface area (TPSA) is 76.0 Å². The number of methoxy groups -OCH3 is 1. The summed E-state index contributed by atoms with van der Waals surface area (Å²) in [7, 11) is 1.43. The third-order valence-electron chi connectivity index (χ3n) is 4.43. The molecule has 0 rings (SSSR count). The molecule has 0 aromatic heterocycles. The van der Waals surface area contributed by atoms with E-state index >= 15 is 0 Å². The molecule has 2 N–H and O–H groups in total. The third kappa shape index (κ3) is 15.4. The molecule has 0 bridgehead atoms. The summed E-state index contributed by atoms with van der Waals surface area (Å²) in [4.78, 5) is 11.8. The lowest BCUT2D eigenvalue weighted by Crippen LogP contribution is -2.29. The fourth-order valence-electron chi connectivity index (χ4n) is 2.64. The van der Waals surface area contributed by atoms with Crippen LogP contribution in [-0.4, -0.2) is 48.7 Å². The fourth-order valence-corrected chi connectivity index (χ4v) is 2.64. The van der Waals surface area contributed by atoms with Crippen molar-refractivity contribution in [3.8, 4) is 11.8 Å². The van der Waals surface area contributed by atoms with Crippen LogP contribution in [-0.2, 0) is 14.3 Å². The maximum atomic E-state index is 11.8. The van der Waals surface area contributed by atoms with Gasteiger partial charge < -0.3 is 19.7 Å². The van der Waals surface area contributed by atoms with Crippen LogP contribution >= 0.6 is 0 Å². The van der Waals surface area contributed by atoms with Gasteiger partial charge in [0.2, 0.25) is 0 Å². The SMILES string of the molecule is C=CCCCCC(C)CCC/C=C\C#CCC[C@H](OC)C(=O)OC[C@@H](O)CO. The molecule has 160 valence electrons. The van der Waals surface area contributed by atoms with Crippen molar-refractivity contribution in [3.05, 3.63) is 24.8 Å². The zero-order chi connectivity index (χ0) is 21.0. The average molecular weight is 395 g/mol. The molecule has 0 amide bonds. The van der Waals surface area contributed by atoms with E-state index in [-0.39, 0.29) is 6.61 Å². The zero-order valence-corrected chi connectivity index (χ0v) is 17.6. The Morgan fingerprint density at radius 2 is 1.93 bits per heavy atom. The Hall–Kier alpha value is -1.61. The van der Waals surface area contributed by atoms with Gasteiger partial charge in [-0.25, -0.2) is 4.79 Å². The molecule has 5 nitrogen and oxygen atoms in total. The molecule has 0 spiro atoms. The van der Waals surface area contributed by atoms with E-state index in [2.05, 4.69) is 31.4 Å². The van der Waals surface area contributed by atoms with Gasteiger partial charge in [0.15, 0.2) is 6.10 Å². The molecule has 1 unspecified atom stereocenters. The number of aliphatic hydroxyl groups excluding tert-OH is 2. The molecule has 0 heterocycles. The van der Waals surface area contributed by atoms with Crippen molar-refractivity contribution in [3.63, 3.8) is 0 Å². The van der Waals surface area contributed by atoms with Crippen molar-refractivity contribution < 1.29 is 24.5 Å². The van der Waals surface area contributed by atoms with Gasteiger partial charge in [-0.05, 0) is 44.1 Å². The van der Waals surface area contributed by atoms with Crippen molar-refractivity contribution in [1.29, 1.82) is 0 Å². The molecule has 0 aliphatic heterocycles. The summed E-state index contributed by atoms with van der Waals surface area (Å²) >= 11 is 0. The second kappa shape index (κ2) is 18.7. The Kier molecular flexibility index (Phi) is 17.7. The highest BCUT2D eigenvalue weighted by Crippen LogP contribution is 2.16. The lowest BCUT2D eigenvalue weighted by atomic mass is 9.97. The van der Waals surface area contributed by atoms with Gasteiger partial charge in [-0.2, -0.15) is 0 Å². The second-order valence-corrected chi connectivity index (χ2v) is 7.06. The summed E-state index contributed by atoms with van der Waals surface area (Å²) in [5.41, 5.74) is 0.